The van der Waals surface area contributed by atoms with Crippen LogP contribution < -0.4 is 4.57 Å². The Morgan fingerprint density at radius 1 is 1.29 bits per heavy atom. The van der Waals surface area contributed by atoms with Crippen LogP contribution in [0.15, 0.2) is 0 Å². The van der Waals surface area contributed by atoms with Crippen molar-refractivity contribution in [1.29, 1.82) is 0 Å². The lowest BCUT2D eigenvalue weighted by Gasteiger charge is -2.33. The van der Waals surface area contributed by atoms with Crippen LogP contribution in [0.3, 0.4) is 0 Å². The lowest BCUT2D eigenvalue weighted by atomic mass is 10.1. The molecule has 0 aliphatic rings. The second kappa shape index (κ2) is 4.72. The predicted molar refractivity (Wildman–Crippen MR) is 59.6 cm³/mol. The molecule has 2 heteroatoms. The maximum absolute atomic E-state index is 2.47. The molecular weight excluding hydrogens is 172 g/mol. The highest BCUT2D eigenvalue weighted by Gasteiger charge is 2.17. The van der Waals surface area contributed by atoms with E-state index in [2.05, 4.69) is 43.8 Å². The zero-order chi connectivity index (χ0) is 10.7. The molecule has 1 rings (SSSR count). The normalized spacial score (nSPS) is 11.6. The first-order valence-corrected chi connectivity index (χ1v) is 5.88. The summed E-state index contributed by atoms with van der Waals surface area (Å²) >= 11 is 0. The standard InChI is InChI=1S/C12H24N2/c1-6-8-13-11(5)14(9-7-2)12(13)10(3)4/h10H,6-9H2,1-5H3. The third-order valence-electron chi connectivity index (χ3n) is 2.75. The number of aromatic nitrogens is 2. The molecule has 1 aromatic heterocycles. The largest absolute Gasteiger partial charge is 0.347 e. The molecule has 0 N–H and O–H groups in total. The van der Waals surface area contributed by atoms with Gasteiger partial charge in [-0.3, -0.25) is 0 Å². The average Bonchev–Trinajstić information content (AvgIpc) is 2.14. The molecule has 0 fully saturated rings. The molecule has 1 heterocycles. The minimum atomic E-state index is 0.650. The van der Waals surface area contributed by atoms with Crippen LogP contribution >= 0.6 is 0 Å². The summed E-state index contributed by atoms with van der Waals surface area (Å²) in [5, 5.41) is 0. The van der Waals surface area contributed by atoms with Crippen molar-refractivity contribution < 1.29 is 4.57 Å². The summed E-state index contributed by atoms with van der Waals surface area (Å²) in [7, 11) is 0. The Kier molecular flexibility index (Phi) is 3.85. The number of hydrogen-bond acceptors (Lipinski definition) is 0. The minimum absolute atomic E-state index is 0.650. The topological polar surface area (TPSA) is 8.81 Å². The molecule has 82 valence electrons. The molecule has 0 aliphatic heterocycles. The Bertz CT molecular complexity index is 257. The molecule has 0 saturated carbocycles. The van der Waals surface area contributed by atoms with Crippen LogP contribution in [0.1, 0.15) is 58.1 Å². The molecule has 0 spiro atoms. The fourth-order valence-electron chi connectivity index (χ4n) is 2.20. The summed E-state index contributed by atoms with van der Waals surface area (Å²) in [6, 6.07) is 0. The van der Waals surface area contributed by atoms with Crippen molar-refractivity contribution in [3.63, 3.8) is 0 Å². The van der Waals surface area contributed by atoms with Crippen LogP contribution in [0.4, 0.5) is 0 Å². The smallest absolute Gasteiger partial charge is 0.101 e. The highest BCUT2D eigenvalue weighted by Crippen LogP contribution is 2.16. The Morgan fingerprint density at radius 3 is 2.36 bits per heavy atom. The summed E-state index contributed by atoms with van der Waals surface area (Å²) in [5.74, 6) is 3.61. The SMILES string of the molecule is CCCn1c(C(C)C)[n+](CCC)[c-]1C. The monoisotopic (exact) mass is 196 g/mol. The molecule has 0 unspecified atom stereocenters. The van der Waals surface area contributed by atoms with Gasteiger partial charge in [0.25, 0.3) is 0 Å². The van der Waals surface area contributed by atoms with E-state index >= 15 is 0 Å². The predicted octanol–water partition coefficient (Wildman–Crippen LogP) is 2.75. The average molecular weight is 196 g/mol. The van der Waals surface area contributed by atoms with Crippen LogP contribution in [0.25, 0.3) is 0 Å². The first-order chi connectivity index (χ1) is 6.63. The summed E-state index contributed by atoms with van der Waals surface area (Å²) < 4.78 is 4.95. The quantitative estimate of drug-likeness (QED) is 0.506. The Labute approximate surface area is 87.9 Å². The zero-order valence-corrected chi connectivity index (χ0v) is 10.3. The van der Waals surface area contributed by atoms with Crippen LogP contribution in [0.2, 0.25) is 0 Å². The molecule has 0 radical (unpaired) electrons. The van der Waals surface area contributed by atoms with E-state index in [9.17, 15) is 0 Å². The van der Waals surface area contributed by atoms with Gasteiger partial charge < -0.3 is 9.13 Å². The van der Waals surface area contributed by atoms with Crippen LogP contribution in [-0.2, 0) is 13.1 Å². The van der Waals surface area contributed by atoms with Gasteiger partial charge >= 0.3 is 0 Å². The second-order valence-corrected chi connectivity index (χ2v) is 4.36. The van der Waals surface area contributed by atoms with Gasteiger partial charge in [0.2, 0.25) is 0 Å². The summed E-state index contributed by atoms with van der Waals surface area (Å²) in [6.45, 7) is 13.7. The van der Waals surface area contributed by atoms with Gasteiger partial charge in [-0.1, -0.05) is 27.7 Å². The van der Waals surface area contributed by atoms with Crippen LogP contribution in [0, 0.1) is 6.92 Å². The fourth-order valence-corrected chi connectivity index (χ4v) is 2.20. The summed E-state index contributed by atoms with van der Waals surface area (Å²) in [5.41, 5.74) is 0. The van der Waals surface area contributed by atoms with Crippen molar-refractivity contribution in [1.82, 2.24) is 4.57 Å². The van der Waals surface area contributed by atoms with E-state index < -0.39 is 0 Å². The molecular formula is C12H24N2. The van der Waals surface area contributed by atoms with Gasteiger partial charge in [-0.15, -0.1) is 0 Å². The van der Waals surface area contributed by atoms with Gasteiger partial charge in [0, 0.05) is 13.1 Å². The molecule has 0 atom stereocenters. The number of hydrogen-bond donors (Lipinski definition) is 0. The summed E-state index contributed by atoms with van der Waals surface area (Å²) in [6.07, 6.45) is 2.46. The highest BCUT2D eigenvalue weighted by atomic mass is 15.3. The van der Waals surface area contributed by atoms with E-state index in [1.807, 2.05) is 0 Å². The molecule has 14 heavy (non-hydrogen) atoms. The fraction of sp³-hybridized carbons (Fsp3) is 0.833. The summed E-state index contributed by atoms with van der Waals surface area (Å²) in [4.78, 5) is 0. The Balaban J connectivity index is 2.89. The number of rotatable bonds is 5. The van der Waals surface area contributed by atoms with Crippen molar-refractivity contribution in [3.05, 3.63) is 11.6 Å². The first kappa shape index (κ1) is 11.4. The van der Waals surface area contributed by atoms with Gasteiger partial charge in [-0.2, -0.15) is 0 Å². The Morgan fingerprint density at radius 2 is 1.93 bits per heavy atom. The maximum Gasteiger partial charge on any atom is 0.101 e. The molecule has 0 amide bonds. The van der Waals surface area contributed by atoms with E-state index in [1.54, 1.807) is 0 Å². The van der Waals surface area contributed by atoms with Gasteiger partial charge in [-0.25, -0.2) is 0 Å². The van der Waals surface area contributed by atoms with Gasteiger partial charge in [0.15, 0.2) is 0 Å². The lowest BCUT2D eigenvalue weighted by Crippen LogP contribution is -2.53. The van der Waals surface area contributed by atoms with Gasteiger partial charge in [-0.05, 0) is 25.7 Å². The molecule has 2 nitrogen and oxygen atoms in total. The highest BCUT2D eigenvalue weighted by molar-refractivity contribution is 4.95. The van der Waals surface area contributed by atoms with E-state index in [1.165, 1.54) is 37.6 Å². The maximum atomic E-state index is 2.47. The van der Waals surface area contributed by atoms with E-state index in [4.69, 9.17) is 0 Å². The molecule has 0 bridgehead atoms. The van der Waals surface area contributed by atoms with Gasteiger partial charge in [0.1, 0.15) is 5.82 Å². The van der Waals surface area contributed by atoms with Crippen LogP contribution in [0.5, 0.6) is 0 Å². The molecule has 0 aliphatic carbocycles. The zero-order valence-electron chi connectivity index (χ0n) is 10.3. The van der Waals surface area contributed by atoms with Crippen molar-refractivity contribution in [2.75, 3.05) is 0 Å². The van der Waals surface area contributed by atoms with E-state index in [-0.39, 0.29) is 0 Å². The molecule has 0 saturated heterocycles. The van der Waals surface area contributed by atoms with Crippen LogP contribution in [-0.4, -0.2) is 4.57 Å². The minimum Gasteiger partial charge on any atom is -0.347 e. The third-order valence-corrected chi connectivity index (χ3v) is 2.75. The molecule has 0 aromatic carbocycles. The number of nitrogens with zero attached hydrogens (tertiary/aromatic N) is 2. The second-order valence-electron chi connectivity index (χ2n) is 4.36. The van der Waals surface area contributed by atoms with E-state index in [0.717, 1.165) is 0 Å². The van der Waals surface area contributed by atoms with Crippen molar-refractivity contribution in [2.45, 2.75) is 66.5 Å². The van der Waals surface area contributed by atoms with Crippen molar-refractivity contribution in [2.24, 2.45) is 0 Å². The third kappa shape index (κ3) is 1.89. The lowest BCUT2D eigenvalue weighted by molar-refractivity contribution is -0.739. The van der Waals surface area contributed by atoms with Gasteiger partial charge in [0.05, 0.1) is 5.82 Å². The first-order valence-electron chi connectivity index (χ1n) is 5.88. The van der Waals surface area contributed by atoms with Crippen molar-refractivity contribution in [3.8, 4) is 0 Å². The Hall–Kier alpha value is -0.660. The molecule has 1 aromatic rings. The van der Waals surface area contributed by atoms with Crippen molar-refractivity contribution >= 4 is 0 Å². The van der Waals surface area contributed by atoms with E-state index in [0.29, 0.717) is 5.92 Å².